The molecule has 0 spiro atoms. The fourth-order valence-corrected chi connectivity index (χ4v) is 3.87. The zero-order valence-corrected chi connectivity index (χ0v) is 18.9. The largest absolute Gasteiger partial charge is 0.496 e. The maximum absolute atomic E-state index is 12.7. The van der Waals surface area contributed by atoms with Crippen molar-refractivity contribution in [3.05, 3.63) is 83.3 Å². The molecule has 0 aliphatic heterocycles. The van der Waals surface area contributed by atoms with Gasteiger partial charge < -0.3 is 14.5 Å². The third kappa shape index (κ3) is 4.02. The summed E-state index contributed by atoms with van der Waals surface area (Å²) in [7, 11) is 1.63. The monoisotopic (exact) mass is 426 g/mol. The summed E-state index contributed by atoms with van der Waals surface area (Å²) >= 11 is 0. The molecule has 0 atom stereocenters. The molecule has 4 aromatic rings. The molecule has 32 heavy (non-hydrogen) atoms. The molecule has 0 aliphatic rings. The molecule has 1 amide bonds. The molecule has 0 saturated heterocycles. The zero-order valence-electron chi connectivity index (χ0n) is 18.9. The molecule has 4 rings (SSSR count). The molecule has 0 bridgehead atoms. The van der Waals surface area contributed by atoms with Crippen LogP contribution in [0.2, 0.25) is 0 Å². The van der Waals surface area contributed by atoms with Crippen molar-refractivity contribution in [2.24, 2.45) is 0 Å². The highest BCUT2D eigenvalue weighted by atomic mass is 16.5. The van der Waals surface area contributed by atoms with Crippen molar-refractivity contribution in [1.29, 1.82) is 0 Å². The van der Waals surface area contributed by atoms with Crippen LogP contribution >= 0.6 is 0 Å². The Bertz CT molecular complexity index is 1330. The van der Waals surface area contributed by atoms with E-state index in [2.05, 4.69) is 41.5 Å². The number of aryl methyl sites for hydroxylation is 3. The van der Waals surface area contributed by atoms with Crippen LogP contribution in [0, 0.1) is 20.8 Å². The van der Waals surface area contributed by atoms with Crippen molar-refractivity contribution in [2.45, 2.75) is 27.7 Å². The number of hydrogen-bond acceptors (Lipinski definition) is 4. The minimum Gasteiger partial charge on any atom is -0.496 e. The van der Waals surface area contributed by atoms with Crippen molar-refractivity contribution in [1.82, 2.24) is 4.98 Å². The van der Waals surface area contributed by atoms with Crippen molar-refractivity contribution < 1.29 is 13.9 Å². The van der Waals surface area contributed by atoms with Gasteiger partial charge in [0.1, 0.15) is 17.2 Å². The Labute approximate surface area is 187 Å². The Kier molecular flexibility index (Phi) is 5.82. The number of fused-ring (bicyclic) bond motifs is 1. The lowest BCUT2D eigenvalue weighted by Crippen LogP contribution is -2.11. The maximum atomic E-state index is 12.7. The number of aromatic nitrogens is 1. The fourth-order valence-electron chi connectivity index (χ4n) is 3.87. The van der Waals surface area contributed by atoms with Crippen LogP contribution < -0.4 is 10.1 Å². The van der Waals surface area contributed by atoms with Crippen LogP contribution in [0.15, 0.2) is 65.4 Å². The number of methoxy groups -OCH3 is 1. The van der Waals surface area contributed by atoms with Crippen molar-refractivity contribution in [3.8, 4) is 16.9 Å². The normalized spacial score (nSPS) is 11.6. The smallest absolute Gasteiger partial charge is 0.249 e. The SMILES string of the molecule is COc1c(/C(C)=C/C(=O)Nc2ncccc2C)cc2c(-c3ccc(C)cc3)coc2c1C. The molecule has 5 nitrogen and oxygen atoms in total. The molecule has 5 heteroatoms. The number of furan rings is 1. The third-order valence-corrected chi connectivity index (χ3v) is 5.63. The van der Waals surface area contributed by atoms with E-state index in [9.17, 15) is 4.79 Å². The molecule has 0 unspecified atom stereocenters. The molecule has 0 aliphatic carbocycles. The van der Waals surface area contributed by atoms with Crippen LogP contribution in [0.1, 0.15) is 29.2 Å². The van der Waals surface area contributed by atoms with Crippen molar-refractivity contribution in [2.75, 3.05) is 12.4 Å². The van der Waals surface area contributed by atoms with Crippen molar-refractivity contribution >= 4 is 28.3 Å². The van der Waals surface area contributed by atoms with E-state index in [0.29, 0.717) is 11.6 Å². The first-order valence-electron chi connectivity index (χ1n) is 10.5. The summed E-state index contributed by atoms with van der Waals surface area (Å²) in [6.45, 7) is 7.85. The molecule has 162 valence electrons. The van der Waals surface area contributed by atoms with Gasteiger partial charge in [-0.25, -0.2) is 4.98 Å². The second-order valence-electron chi connectivity index (χ2n) is 7.96. The van der Waals surface area contributed by atoms with E-state index >= 15 is 0 Å². The highest BCUT2D eigenvalue weighted by Crippen LogP contribution is 2.40. The number of anilines is 1. The predicted octanol–water partition coefficient (Wildman–Crippen LogP) is 6.47. The number of nitrogens with zero attached hydrogens (tertiary/aromatic N) is 1. The van der Waals surface area contributed by atoms with Gasteiger partial charge in [0.05, 0.1) is 13.4 Å². The molecular formula is C27H26N2O3. The summed E-state index contributed by atoms with van der Waals surface area (Å²) in [6, 6.07) is 14.1. The molecule has 2 heterocycles. The molecular weight excluding hydrogens is 400 g/mol. The summed E-state index contributed by atoms with van der Waals surface area (Å²) in [4.78, 5) is 16.9. The van der Waals surface area contributed by atoms with Gasteiger partial charge in [-0.1, -0.05) is 35.9 Å². The van der Waals surface area contributed by atoms with Gasteiger partial charge in [0.25, 0.3) is 0 Å². The Balaban J connectivity index is 1.77. The minimum absolute atomic E-state index is 0.241. The minimum atomic E-state index is -0.241. The Hall–Kier alpha value is -3.86. The molecule has 2 aromatic carbocycles. The summed E-state index contributed by atoms with van der Waals surface area (Å²) in [5.74, 6) is 1.00. The number of rotatable bonds is 5. The number of nitrogens with one attached hydrogen (secondary N) is 1. The number of ether oxygens (including phenoxy) is 1. The number of carbonyl (C=O) groups is 1. The van der Waals surface area contributed by atoms with Crippen LogP contribution in [0.4, 0.5) is 5.82 Å². The number of benzene rings is 2. The summed E-state index contributed by atoms with van der Waals surface area (Å²) < 4.78 is 11.6. The lowest BCUT2D eigenvalue weighted by atomic mass is 9.96. The average Bonchev–Trinajstić information content (AvgIpc) is 3.20. The first-order valence-corrected chi connectivity index (χ1v) is 10.5. The average molecular weight is 427 g/mol. The standard InChI is InChI=1S/C27H26N2O3/c1-16-8-10-20(11-9-16)23-15-32-26-19(4)25(31-5)21(14-22(23)26)18(3)13-24(30)29-27-17(2)7-6-12-28-27/h6-15H,1-5H3,(H,28,29,30)/b18-13+. The summed E-state index contributed by atoms with van der Waals surface area (Å²) in [5, 5.41) is 3.83. The van der Waals surface area contributed by atoms with E-state index < -0.39 is 0 Å². The molecule has 1 N–H and O–H groups in total. The van der Waals surface area contributed by atoms with Crippen LogP contribution in [-0.4, -0.2) is 18.0 Å². The van der Waals surface area contributed by atoms with Gasteiger partial charge >= 0.3 is 0 Å². The summed E-state index contributed by atoms with van der Waals surface area (Å²) in [5.41, 5.74) is 7.50. The van der Waals surface area contributed by atoms with E-state index in [0.717, 1.165) is 44.4 Å². The van der Waals surface area contributed by atoms with Crippen LogP contribution in [-0.2, 0) is 4.79 Å². The van der Waals surface area contributed by atoms with Gasteiger partial charge in [0.15, 0.2) is 0 Å². The number of amides is 1. The maximum Gasteiger partial charge on any atom is 0.249 e. The Morgan fingerprint density at radius 1 is 1.12 bits per heavy atom. The first kappa shape index (κ1) is 21.4. The Morgan fingerprint density at radius 2 is 1.88 bits per heavy atom. The van der Waals surface area contributed by atoms with E-state index in [1.165, 1.54) is 5.56 Å². The third-order valence-electron chi connectivity index (χ3n) is 5.63. The number of carbonyl (C=O) groups excluding carboxylic acids is 1. The van der Waals surface area contributed by atoms with Gasteiger partial charge in [0.2, 0.25) is 5.91 Å². The van der Waals surface area contributed by atoms with Crippen LogP contribution in [0.5, 0.6) is 5.75 Å². The van der Waals surface area contributed by atoms with Gasteiger partial charge in [-0.3, -0.25) is 4.79 Å². The highest BCUT2D eigenvalue weighted by molar-refractivity contribution is 6.05. The van der Waals surface area contributed by atoms with Crippen LogP contribution in [0.3, 0.4) is 0 Å². The van der Waals surface area contributed by atoms with E-state index in [1.54, 1.807) is 25.6 Å². The van der Waals surface area contributed by atoms with Crippen molar-refractivity contribution in [3.63, 3.8) is 0 Å². The molecule has 0 saturated carbocycles. The molecule has 0 radical (unpaired) electrons. The van der Waals surface area contributed by atoms with E-state index in [-0.39, 0.29) is 5.91 Å². The zero-order chi connectivity index (χ0) is 22.8. The Morgan fingerprint density at radius 3 is 2.56 bits per heavy atom. The fraction of sp³-hybridized carbons (Fsp3) is 0.185. The lowest BCUT2D eigenvalue weighted by molar-refractivity contribution is -0.111. The highest BCUT2D eigenvalue weighted by Gasteiger charge is 2.19. The summed E-state index contributed by atoms with van der Waals surface area (Å²) in [6.07, 6.45) is 5.01. The van der Waals surface area contributed by atoms with Gasteiger partial charge in [-0.15, -0.1) is 0 Å². The topological polar surface area (TPSA) is 64.4 Å². The second kappa shape index (κ2) is 8.71. The first-order chi connectivity index (χ1) is 15.4. The van der Waals surface area contributed by atoms with Gasteiger partial charge in [-0.05, 0) is 56.5 Å². The van der Waals surface area contributed by atoms with E-state index in [1.807, 2.05) is 39.0 Å². The molecule has 2 aromatic heterocycles. The van der Waals surface area contributed by atoms with Crippen LogP contribution in [0.25, 0.3) is 27.7 Å². The molecule has 0 fully saturated rings. The number of hydrogen-bond donors (Lipinski definition) is 1. The predicted molar refractivity (Wildman–Crippen MR) is 129 cm³/mol. The lowest BCUT2D eigenvalue weighted by Gasteiger charge is -2.13. The van der Waals surface area contributed by atoms with Gasteiger partial charge in [0, 0.05) is 34.3 Å². The number of pyridine rings is 1. The van der Waals surface area contributed by atoms with E-state index in [4.69, 9.17) is 9.15 Å². The quantitative estimate of drug-likeness (QED) is 0.371. The number of allylic oxidation sites excluding steroid dienone is 1. The second-order valence-corrected chi connectivity index (χ2v) is 7.96. The van der Waals surface area contributed by atoms with Gasteiger partial charge in [-0.2, -0.15) is 0 Å².